The molecule has 0 atom stereocenters. The van der Waals surface area contributed by atoms with Gasteiger partial charge in [0.15, 0.2) is 0 Å². The Kier molecular flexibility index (Phi) is 8.89. The van der Waals surface area contributed by atoms with Crippen molar-refractivity contribution in [3.63, 3.8) is 0 Å². The van der Waals surface area contributed by atoms with Crippen molar-refractivity contribution in [1.82, 2.24) is 0 Å². The first-order chi connectivity index (χ1) is 13.1. The molecule has 2 aromatic carbocycles. The first kappa shape index (κ1) is 21.5. The van der Waals surface area contributed by atoms with Crippen molar-refractivity contribution >= 4 is 9.36 Å². The Morgan fingerprint density at radius 2 is 1.22 bits per heavy atom. The van der Waals surface area contributed by atoms with Gasteiger partial charge in [-0.15, -0.1) is 0 Å². The molecule has 1 N–H and O–H groups in total. The first-order valence-electron chi connectivity index (χ1n) is 9.28. The van der Waals surface area contributed by atoms with Crippen LogP contribution in [0.1, 0.15) is 66.2 Å². The van der Waals surface area contributed by atoms with Crippen molar-refractivity contribution in [3.8, 4) is 0 Å². The first-order valence-corrected chi connectivity index (χ1v) is 11.0. The Morgan fingerprint density at radius 3 is 1.70 bits per heavy atom. The fraction of sp³-hybridized carbons (Fsp3) is 0.364. The van der Waals surface area contributed by atoms with Crippen LogP contribution in [0.3, 0.4) is 0 Å². The summed E-state index contributed by atoms with van der Waals surface area (Å²) in [6, 6.07) is 16.7. The summed E-state index contributed by atoms with van der Waals surface area (Å²) in [6.07, 6.45) is 6.30. The van der Waals surface area contributed by atoms with Crippen molar-refractivity contribution in [1.29, 1.82) is 0 Å². The van der Waals surface area contributed by atoms with Gasteiger partial charge in [-0.05, 0) is 0 Å². The summed E-state index contributed by atoms with van der Waals surface area (Å²) in [5, 5.41) is 0. The van der Waals surface area contributed by atoms with Gasteiger partial charge in [-0.1, -0.05) is 0 Å². The third kappa shape index (κ3) is 6.12. The molecule has 27 heavy (non-hydrogen) atoms. The number of carbonyl (C=O) groups is 2. The second-order valence-electron chi connectivity index (χ2n) is 6.16. The van der Waals surface area contributed by atoms with Crippen LogP contribution in [-0.4, -0.2) is 20.2 Å². The normalized spacial score (nSPS) is 11.9. The number of rotatable bonds is 12. The monoisotopic (exact) mass is 419 g/mol. The molecule has 0 radical (unpaired) electrons. The standard InChI is InChI=1S/C8H17O.2C7H5O.Cu.H2O/c1-2-3-4-5-6-7-8-9;2*8-6-7-4-2-1-3-5-7;;/h2-8H2,1H3;2*1-5H;;1H2/q-1;;;+2;/p-1. The summed E-state index contributed by atoms with van der Waals surface area (Å²) in [5.41, 5.74) is 0.555. The predicted octanol–water partition coefficient (Wildman–Crippen LogP) is 5.02. The summed E-state index contributed by atoms with van der Waals surface area (Å²) in [6.45, 7) is 2.35. The van der Waals surface area contributed by atoms with Crippen molar-refractivity contribution in [2.45, 2.75) is 45.4 Å². The van der Waals surface area contributed by atoms with Crippen molar-refractivity contribution in [3.05, 3.63) is 71.8 Å². The number of carbonyl (C=O) groups excluding carboxylic acids is 2. The zero-order valence-electron chi connectivity index (χ0n) is 15.7. The zero-order chi connectivity index (χ0) is 19.5. The van der Waals surface area contributed by atoms with E-state index in [1.54, 1.807) is 60.7 Å². The van der Waals surface area contributed by atoms with Crippen molar-refractivity contribution < 1.29 is 31.1 Å². The predicted molar refractivity (Wildman–Crippen MR) is 103 cm³/mol. The zero-order valence-corrected chi connectivity index (χ0v) is 16.6. The minimum absolute atomic E-state index is 0.187. The molecule has 0 aliphatic carbocycles. The summed E-state index contributed by atoms with van der Waals surface area (Å²) in [4.78, 5) is 25.9. The van der Waals surface area contributed by atoms with E-state index in [2.05, 4.69) is 6.92 Å². The Morgan fingerprint density at radius 1 is 0.778 bits per heavy atom. The summed E-state index contributed by atoms with van der Waals surface area (Å²) in [7, 11) is 0. The topological polar surface area (TPSA) is 63.6 Å². The van der Waals surface area contributed by atoms with Crippen LogP contribution in [0.25, 0.3) is 0 Å². The fourth-order valence-electron chi connectivity index (χ4n) is 2.51. The molecule has 5 heteroatoms. The Bertz CT molecular complexity index is 664. The van der Waals surface area contributed by atoms with Gasteiger partial charge in [0, 0.05) is 0 Å². The van der Waals surface area contributed by atoms with Gasteiger partial charge in [0.25, 0.3) is 0 Å². The van der Waals surface area contributed by atoms with Gasteiger partial charge in [0.1, 0.15) is 0 Å². The van der Waals surface area contributed by atoms with Gasteiger partial charge in [0.2, 0.25) is 0 Å². The molecule has 0 unspecified atom stereocenters. The molecular formula is C22H28CuO4. The van der Waals surface area contributed by atoms with E-state index in [1.165, 1.54) is 19.3 Å². The minimum atomic E-state index is -3.51. The van der Waals surface area contributed by atoms with Gasteiger partial charge in [0.05, 0.1) is 0 Å². The average molecular weight is 420 g/mol. The SMILES string of the molecule is CCCCCCCC[O][Cu]([OH])([C](=O)c1ccccc1)[C](=O)c1ccccc1. The van der Waals surface area contributed by atoms with Gasteiger partial charge < -0.3 is 0 Å². The van der Waals surface area contributed by atoms with Crippen LogP contribution in [-0.2, 0) is 17.3 Å². The van der Waals surface area contributed by atoms with Gasteiger partial charge in [-0.25, -0.2) is 0 Å². The molecule has 0 aliphatic heterocycles. The van der Waals surface area contributed by atoms with E-state index < -0.39 is 22.9 Å². The summed E-state index contributed by atoms with van der Waals surface area (Å²) >= 11 is -3.51. The Balaban J connectivity index is 2.11. The third-order valence-corrected chi connectivity index (χ3v) is 6.30. The van der Waals surface area contributed by atoms with Crippen molar-refractivity contribution in [2.24, 2.45) is 0 Å². The van der Waals surface area contributed by atoms with Crippen molar-refractivity contribution in [2.75, 3.05) is 6.61 Å². The fourth-order valence-corrected chi connectivity index (χ4v) is 4.41. The molecule has 0 saturated heterocycles. The van der Waals surface area contributed by atoms with E-state index in [0.717, 1.165) is 12.8 Å². The Hall–Kier alpha value is -1.78. The molecule has 0 heterocycles. The van der Waals surface area contributed by atoms with E-state index in [9.17, 15) is 13.8 Å². The van der Waals surface area contributed by atoms with Crippen LogP contribution in [0.15, 0.2) is 60.7 Å². The molecule has 4 nitrogen and oxygen atoms in total. The van der Waals surface area contributed by atoms with Gasteiger partial charge >= 0.3 is 164 Å². The quantitative estimate of drug-likeness (QED) is 0.387. The molecule has 151 valence electrons. The third-order valence-electron chi connectivity index (χ3n) is 4.01. The van der Waals surface area contributed by atoms with E-state index in [-0.39, 0.29) is 17.7 Å². The maximum atomic E-state index is 12.9. The van der Waals surface area contributed by atoms with Crippen LogP contribution in [0.2, 0.25) is 0 Å². The molecule has 0 saturated carbocycles. The average Bonchev–Trinajstić information content (AvgIpc) is 2.73. The van der Waals surface area contributed by atoms with E-state index in [0.29, 0.717) is 6.42 Å². The number of hydrogen-bond donors (Lipinski definition) is 1. The number of benzene rings is 2. The molecule has 0 aliphatic rings. The van der Waals surface area contributed by atoms with E-state index in [4.69, 9.17) is 3.82 Å². The van der Waals surface area contributed by atoms with Crippen LogP contribution in [0, 0.1) is 0 Å². The van der Waals surface area contributed by atoms with E-state index in [1.807, 2.05) is 0 Å². The summed E-state index contributed by atoms with van der Waals surface area (Å²) in [5.74, 6) is 0. The molecule has 0 spiro atoms. The molecule has 0 amide bonds. The molecule has 2 rings (SSSR count). The molecule has 0 fully saturated rings. The second-order valence-corrected chi connectivity index (χ2v) is 8.50. The van der Waals surface area contributed by atoms with Gasteiger partial charge in [-0.2, -0.15) is 0 Å². The summed E-state index contributed by atoms with van der Waals surface area (Å²) < 4.78 is 15.3. The van der Waals surface area contributed by atoms with Crippen LogP contribution < -0.4 is 0 Å². The number of hydrogen-bond acceptors (Lipinski definition) is 4. The van der Waals surface area contributed by atoms with Crippen LogP contribution in [0.5, 0.6) is 0 Å². The second kappa shape index (κ2) is 11.2. The maximum absolute atomic E-state index is 12.9. The molecular weight excluding hydrogens is 392 g/mol. The van der Waals surface area contributed by atoms with E-state index >= 15 is 0 Å². The number of unbranched alkanes of at least 4 members (excludes halogenated alkanes) is 5. The van der Waals surface area contributed by atoms with Gasteiger partial charge in [-0.3, -0.25) is 0 Å². The van der Waals surface area contributed by atoms with Crippen LogP contribution in [0.4, 0.5) is 0 Å². The molecule has 2 aromatic rings. The Labute approximate surface area is 164 Å². The van der Waals surface area contributed by atoms with Crippen LogP contribution >= 0.6 is 0 Å². The molecule has 0 aromatic heterocycles. The molecule has 0 bridgehead atoms.